The standard InChI is InChI=1S/C73H89N7O15S/c1-40-29-62(84)46(7)78-71(92)42(3)31-64(86)59(35-49-22-25-61(83)50(33-49)36-52-37-75-67(96-52)19-13-14-28-74-69(40)90)80-66(88)27-26-60(82)45(6)77-70(91)41(2)30-63(85)57(34-48-20-23-51(81)24-21-48)44(5)73(94)76-38-65(87)47(8)79-72(93)43(4)32-68(89)95-39-58-55-17-11-9-15-53(55)54-16-10-12-18-56(54)58/h9-12,15-18,20-25,33,37,40-47,57-59,81,83H,13-14,19,26-32,34-36,38-39H2,1-8H3,(H,74,90)(H,76,94)(H,77,91)(H,78,92)(H,79,93)(H,80,88)/t40-,41-,42-,43-,44+,45+,46+,47+,57-,59+/m1/s1. The average Bonchev–Trinajstić information content (AvgIpc) is 1.62. The minimum atomic E-state index is -1.21. The van der Waals surface area contributed by atoms with Gasteiger partial charge < -0.3 is 46.9 Å². The van der Waals surface area contributed by atoms with Crippen LogP contribution in [0.2, 0.25) is 0 Å². The molecule has 5 aromatic rings. The lowest BCUT2D eigenvalue weighted by Gasteiger charge is -2.24. The van der Waals surface area contributed by atoms with Crippen molar-refractivity contribution in [2.75, 3.05) is 19.7 Å². The lowest BCUT2D eigenvalue weighted by atomic mass is 9.81. The molecule has 23 heteroatoms. The summed E-state index contributed by atoms with van der Waals surface area (Å²) in [5.74, 6) is -12.3. The molecule has 4 bridgehead atoms. The lowest BCUT2D eigenvalue weighted by Crippen LogP contribution is -2.47. The van der Waals surface area contributed by atoms with Crippen LogP contribution in [-0.4, -0.2) is 129 Å². The number of fused-ring (bicyclic) bond motifs is 7. The number of esters is 1. The van der Waals surface area contributed by atoms with Crippen LogP contribution in [0, 0.1) is 35.5 Å². The summed E-state index contributed by atoms with van der Waals surface area (Å²) in [6.45, 7) is 12.0. The molecular formula is C73H89N7O15S. The Labute approximate surface area is 563 Å². The van der Waals surface area contributed by atoms with Crippen LogP contribution in [-0.2, 0) is 88.0 Å². The van der Waals surface area contributed by atoms with Gasteiger partial charge in [-0.3, -0.25) is 57.5 Å². The van der Waals surface area contributed by atoms with Crippen molar-refractivity contribution in [1.29, 1.82) is 0 Å². The zero-order valence-electron chi connectivity index (χ0n) is 55.8. The van der Waals surface area contributed by atoms with E-state index in [1.165, 1.54) is 71.1 Å². The van der Waals surface area contributed by atoms with Crippen molar-refractivity contribution < 1.29 is 72.5 Å². The first-order valence-corrected chi connectivity index (χ1v) is 33.7. The molecule has 0 saturated carbocycles. The minimum Gasteiger partial charge on any atom is -0.508 e. The van der Waals surface area contributed by atoms with Crippen molar-refractivity contribution in [2.45, 2.75) is 163 Å². The first kappa shape index (κ1) is 74.1. The second-order valence-electron chi connectivity index (χ2n) is 25.8. The molecule has 1 aliphatic heterocycles. The monoisotopic (exact) mass is 1340 g/mol. The molecule has 22 nitrogen and oxygen atoms in total. The molecule has 4 aromatic carbocycles. The largest absolute Gasteiger partial charge is 0.508 e. The minimum absolute atomic E-state index is 0.00814. The third kappa shape index (κ3) is 21.1. The fourth-order valence-electron chi connectivity index (χ4n) is 11.7. The number of carbonyl (C=O) groups excluding carboxylic acids is 12. The summed E-state index contributed by atoms with van der Waals surface area (Å²) in [6.07, 6.45) is 2.26. The first-order chi connectivity index (χ1) is 45.6. The molecule has 0 saturated heterocycles. The van der Waals surface area contributed by atoms with Crippen molar-refractivity contribution >= 4 is 81.7 Å². The molecule has 96 heavy (non-hydrogen) atoms. The van der Waals surface area contributed by atoms with Crippen LogP contribution >= 0.6 is 11.3 Å². The maximum atomic E-state index is 14.2. The van der Waals surface area contributed by atoms with Gasteiger partial charge in [-0.05, 0) is 110 Å². The molecular weight excluding hydrogens is 1250 g/mol. The Morgan fingerprint density at radius 2 is 1.29 bits per heavy atom. The number of aromatic nitrogens is 1. The number of aryl methyl sites for hydroxylation is 1. The maximum Gasteiger partial charge on any atom is 0.306 e. The maximum absolute atomic E-state index is 14.2. The molecule has 512 valence electrons. The number of hydrogen-bond donors (Lipinski definition) is 8. The molecule has 10 atom stereocenters. The summed E-state index contributed by atoms with van der Waals surface area (Å²) < 4.78 is 5.68. The number of phenolic OH excluding ortho intramolecular Hbond substituents is 2. The Kier molecular flexibility index (Phi) is 27.0. The van der Waals surface area contributed by atoms with Crippen LogP contribution in [0.25, 0.3) is 11.1 Å². The summed E-state index contributed by atoms with van der Waals surface area (Å²) in [5, 5.41) is 37.9. The van der Waals surface area contributed by atoms with E-state index in [4.69, 9.17) is 4.74 Å². The second kappa shape index (κ2) is 34.9. The van der Waals surface area contributed by atoms with Gasteiger partial charge in [-0.15, -0.1) is 11.3 Å². The summed E-state index contributed by atoms with van der Waals surface area (Å²) >= 11 is 1.48. The summed E-state index contributed by atoms with van der Waals surface area (Å²) in [6, 6.07) is 22.3. The third-order valence-electron chi connectivity index (χ3n) is 17.9. The smallest absolute Gasteiger partial charge is 0.306 e. The van der Waals surface area contributed by atoms with Gasteiger partial charge in [0.15, 0.2) is 23.1 Å². The van der Waals surface area contributed by atoms with Crippen LogP contribution in [0.15, 0.2) is 97.2 Å². The van der Waals surface area contributed by atoms with E-state index in [9.17, 15) is 67.7 Å². The lowest BCUT2D eigenvalue weighted by molar-refractivity contribution is -0.147. The molecule has 2 aliphatic rings. The molecule has 1 aliphatic carbocycles. The molecule has 0 unspecified atom stereocenters. The summed E-state index contributed by atoms with van der Waals surface area (Å²) in [4.78, 5) is 168. The van der Waals surface area contributed by atoms with E-state index in [2.05, 4.69) is 36.9 Å². The van der Waals surface area contributed by atoms with Gasteiger partial charge in [0.1, 0.15) is 23.9 Å². The normalized spacial score (nSPS) is 19.2. The predicted molar refractivity (Wildman–Crippen MR) is 359 cm³/mol. The van der Waals surface area contributed by atoms with Gasteiger partial charge in [-0.2, -0.15) is 0 Å². The van der Waals surface area contributed by atoms with Gasteiger partial charge >= 0.3 is 5.97 Å². The molecule has 0 radical (unpaired) electrons. The van der Waals surface area contributed by atoms with Gasteiger partial charge in [0.25, 0.3) is 0 Å². The van der Waals surface area contributed by atoms with E-state index in [0.29, 0.717) is 42.5 Å². The van der Waals surface area contributed by atoms with Crippen molar-refractivity contribution in [3.63, 3.8) is 0 Å². The molecule has 1 aromatic heterocycles. The number of benzene rings is 4. The van der Waals surface area contributed by atoms with E-state index in [0.717, 1.165) is 38.6 Å². The molecule has 8 N–H and O–H groups in total. The number of phenols is 2. The Morgan fingerprint density at radius 3 is 1.96 bits per heavy atom. The van der Waals surface area contributed by atoms with Crippen LogP contribution in [0.1, 0.15) is 150 Å². The van der Waals surface area contributed by atoms with Crippen molar-refractivity contribution in [3.8, 4) is 22.6 Å². The average molecular weight is 1340 g/mol. The highest BCUT2D eigenvalue weighted by Gasteiger charge is 2.35. The number of thiazole rings is 1. The van der Waals surface area contributed by atoms with Crippen molar-refractivity contribution in [3.05, 3.63) is 135 Å². The van der Waals surface area contributed by atoms with E-state index in [1.807, 2.05) is 48.5 Å². The van der Waals surface area contributed by atoms with Crippen LogP contribution in [0.5, 0.6) is 11.5 Å². The third-order valence-corrected chi connectivity index (χ3v) is 19.0. The van der Waals surface area contributed by atoms with Gasteiger partial charge in [0.05, 0.1) is 42.1 Å². The zero-order chi connectivity index (χ0) is 69.9. The second-order valence-corrected chi connectivity index (χ2v) is 27.0. The predicted octanol–water partition coefficient (Wildman–Crippen LogP) is 6.84. The molecule has 7 rings (SSSR count). The number of nitrogens with one attached hydrogen (secondary N) is 6. The van der Waals surface area contributed by atoms with Gasteiger partial charge in [0.2, 0.25) is 35.4 Å². The SMILES string of the molecule is C[C@@H]1CC(=O)[C@H](C)NC(=O)[C@H](C)CC(=O)[C@@H](NC(=O)CCC(=O)[C@H](C)NC(=O)[C@H](C)CC(=O)[C@H](Cc2ccc(O)cc2)[C@H](C)C(=O)NCC(=O)[C@H](C)NC(=O)[C@H](C)CC(=O)OCC2c3ccccc3-c3ccccc32)Cc2ccc(O)c(c2)Cc2cnc(s2)CCCCNC1=O. The molecule has 0 spiro atoms. The zero-order valence-corrected chi connectivity index (χ0v) is 56.6. The Balaban J connectivity index is 0.909. The molecule has 0 fully saturated rings. The van der Waals surface area contributed by atoms with E-state index >= 15 is 0 Å². The summed E-state index contributed by atoms with van der Waals surface area (Å²) in [7, 11) is 0. The van der Waals surface area contributed by atoms with Crippen LogP contribution in [0.4, 0.5) is 0 Å². The van der Waals surface area contributed by atoms with E-state index in [-0.39, 0.29) is 80.7 Å². The van der Waals surface area contributed by atoms with E-state index in [1.54, 1.807) is 44.3 Å². The highest BCUT2D eigenvalue weighted by molar-refractivity contribution is 7.11. The Bertz CT molecular complexity index is 3630. The summed E-state index contributed by atoms with van der Waals surface area (Å²) in [5.41, 5.74) is 5.95. The van der Waals surface area contributed by atoms with Crippen molar-refractivity contribution in [1.82, 2.24) is 36.9 Å². The highest BCUT2D eigenvalue weighted by Crippen LogP contribution is 2.44. The van der Waals surface area contributed by atoms with Gasteiger partial charge in [-0.1, -0.05) is 107 Å². The quantitative estimate of drug-likeness (QED) is 0.0310. The number of Topliss-reactive ketones (excluding diaryl/α,β-unsaturated/α-hetero) is 5. The van der Waals surface area contributed by atoms with Gasteiger partial charge in [0, 0.05) is 97.6 Å². The fourth-order valence-corrected chi connectivity index (χ4v) is 12.7. The topological polar surface area (TPSA) is 340 Å². The Hall–Kier alpha value is -9.25. The Morgan fingerprint density at radius 1 is 0.677 bits per heavy atom. The van der Waals surface area contributed by atoms with Crippen molar-refractivity contribution in [2.24, 2.45) is 35.5 Å². The number of hydrogen-bond acceptors (Lipinski definition) is 17. The first-order valence-electron chi connectivity index (χ1n) is 32.9. The number of carbonyl (C=O) groups is 12. The number of ether oxygens (including phenoxy) is 1. The van der Waals surface area contributed by atoms with Gasteiger partial charge in [-0.25, -0.2) is 4.98 Å². The van der Waals surface area contributed by atoms with Crippen LogP contribution < -0.4 is 31.9 Å². The molecule has 6 amide bonds. The number of amides is 6. The fraction of sp³-hybridized carbons (Fsp3) is 0.466. The number of ketones is 5. The molecule has 2 heterocycles. The van der Waals surface area contributed by atoms with E-state index < -0.39 is 131 Å². The highest BCUT2D eigenvalue weighted by atomic mass is 32.1. The number of rotatable bonds is 23. The number of aromatic hydroxyl groups is 2. The van der Waals surface area contributed by atoms with Crippen LogP contribution in [0.3, 0.4) is 0 Å². The number of nitrogens with zero attached hydrogens (tertiary/aromatic N) is 1.